The molecule has 2 aliphatic rings. The molecule has 0 saturated carbocycles. The molecule has 43 heavy (non-hydrogen) atoms. The van der Waals surface area contributed by atoms with Crippen LogP contribution in [0.15, 0.2) is 60.7 Å². The maximum absolute atomic E-state index is 13.1. The third-order valence-corrected chi connectivity index (χ3v) is 7.19. The number of halogens is 3. The van der Waals surface area contributed by atoms with E-state index in [9.17, 15) is 22.8 Å². The summed E-state index contributed by atoms with van der Waals surface area (Å²) in [6.07, 6.45) is -4.55. The fourth-order valence-electron chi connectivity index (χ4n) is 4.58. The Morgan fingerprint density at radius 3 is 2.26 bits per heavy atom. The first kappa shape index (κ1) is 31.8. The number of nitrogens with two attached hydrogens (primary N) is 1. The predicted molar refractivity (Wildman–Crippen MR) is 163 cm³/mol. The van der Waals surface area contributed by atoms with Crippen LogP contribution in [0.4, 0.5) is 35.9 Å². The Balaban J connectivity index is 0.000000628. The van der Waals surface area contributed by atoms with E-state index < -0.39 is 23.6 Å². The van der Waals surface area contributed by atoms with E-state index in [1.807, 2.05) is 6.07 Å². The number of carbonyl (C=O) groups excluding carboxylic acids is 2. The van der Waals surface area contributed by atoms with Crippen LogP contribution in [0.25, 0.3) is 0 Å². The van der Waals surface area contributed by atoms with Crippen molar-refractivity contribution in [2.45, 2.75) is 13.1 Å². The Kier molecular flexibility index (Phi) is 10.6. The second kappa shape index (κ2) is 14.4. The fourth-order valence-corrected chi connectivity index (χ4v) is 4.58. The van der Waals surface area contributed by atoms with Gasteiger partial charge in [-0.15, -0.1) is 0 Å². The van der Waals surface area contributed by atoms with Gasteiger partial charge in [0.2, 0.25) is 0 Å². The van der Waals surface area contributed by atoms with E-state index in [0.29, 0.717) is 22.6 Å². The van der Waals surface area contributed by atoms with E-state index in [1.54, 1.807) is 37.3 Å². The average Bonchev–Trinajstić information content (AvgIpc) is 3.00. The van der Waals surface area contributed by atoms with Crippen molar-refractivity contribution >= 4 is 34.6 Å². The number of anilines is 4. The lowest BCUT2D eigenvalue weighted by atomic mass is 10.1. The van der Waals surface area contributed by atoms with Crippen molar-refractivity contribution in [2.75, 3.05) is 80.8 Å². The minimum Gasteiger partial charge on any atom is -0.398 e. The number of rotatable bonds is 5. The topological polar surface area (TPSA) is 112 Å². The molecular weight excluding hydrogens is 561 g/mol. The smallest absolute Gasteiger partial charge is 0.398 e. The normalized spacial score (nSPS) is 15.7. The Labute approximate surface area is 249 Å². The average molecular weight is 599 g/mol. The van der Waals surface area contributed by atoms with Crippen molar-refractivity contribution in [1.29, 1.82) is 0 Å². The molecule has 2 aliphatic heterocycles. The number of hydrogen-bond donors (Lipinski definition) is 4. The predicted octanol–water partition coefficient (Wildman–Crippen LogP) is 4.46. The Hall–Kier alpha value is -4.13. The summed E-state index contributed by atoms with van der Waals surface area (Å²) in [7, 11) is 2.07. The molecule has 0 atom stereocenters. The zero-order chi connectivity index (χ0) is 31.0. The van der Waals surface area contributed by atoms with Crippen LogP contribution in [0.1, 0.15) is 31.8 Å². The molecule has 2 heterocycles. The maximum atomic E-state index is 13.1. The molecule has 0 aromatic heterocycles. The van der Waals surface area contributed by atoms with Crippen LogP contribution < -0.4 is 26.6 Å². The number of nitrogens with one attached hydrogen (secondary N) is 3. The molecule has 2 fully saturated rings. The molecule has 2 saturated heterocycles. The second-order valence-electron chi connectivity index (χ2n) is 10.4. The molecular formula is C31H37F3N6O3. The zero-order valence-electron chi connectivity index (χ0n) is 24.3. The highest BCUT2D eigenvalue weighted by atomic mass is 19.4. The van der Waals surface area contributed by atoms with E-state index in [-0.39, 0.29) is 5.56 Å². The number of nitrogen functional groups attached to an aromatic ring is 1. The largest absolute Gasteiger partial charge is 0.416 e. The molecule has 0 spiro atoms. The van der Waals surface area contributed by atoms with E-state index in [4.69, 9.17) is 10.5 Å². The molecule has 0 unspecified atom stereocenters. The Morgan fingerprint density at radius 1 is 0.907 bits per heavy atom. The fraction of sp³-hybridized carbons (Fsp3) is 0.355. The number of benzene rings is 3. The standard InChI is InChI=1S/C27H28F3N5O2.C4H9NO/c1-17-6-7-20(32-25(36)18-4-3-5-19(14-18)27(28,29)30)15-24(17)33-26(37)22-16-21(8-9-23(22)31)35-12-10-34(2)11-13-35;1-3-6-4-2-5-1/h3-9,14-16H,10-13,31H2,1-2H3,(H,32,36)(H,33,37);5H,1-4H2. The third kappa shape index (κ3) is 8.93. The number of morpholine rings is 1. The molecule has 0 radical (unpaired) electrons. The number of aryl methyl sites for hydroxylation is 1. The first-order valence-corrected chi connectivity index (χ1v) is 14.0. The molecule has 3 aromatic carbocycles. The number of ether oxygens (including phenoxy) is 1. The Morgan fingerprint density at radius 2 is 1.63 bits per heavy atom. The summed E-state index contributed by atoms with van der Waals surface area (Å²) in [6.45, 7) is 9.15. The molecule has 9 nitrogen and oxygen atoms in total. The van der Waals surface area contributed by atoms with Gasteiger partial charge in [0.25, 0.3) is 11.8 Å². The summed E-state index contributed by atoms with van der Waals surface area (Å²) in [6, 6.07) is 14.4. The zero-order valence-corrected chi connectivity index (χ0v) is 24.3. The number of hydrogen-bond acceptors (Lipinski definition) is 7. The van der Waals surface area contributed by atoms with Crippen molar-refractivity contribution in [3.8, 4) is 0 Å². The van der Waals surface area contributed by atoms with Gasteiger partial charge in [0.15, 0.2) is 0 Å². The minimum atomic E-state index is -4.55. The summed E-state index contributed by atoms with van der Waals surface area (Å²) in [5.74, 6) is -1.10. The third-order valence-electron chi connectivity index (χ3n) is 7.19. The van der Waals surface area contributed by atoms with Crippen LogP contribution in [-0.4, -0.2) is 76.2 Å². The van der Waals surface area contributed by atoms with E-state index in [1.165, 1.54) is 12.1 Å². The quantitative estimate of drug-likeness (QED) is 0.321. The lowest BCUT2D eigenvalue weighted by Gasteiger charge is -2.34. The lowest BCUT2D eigenvalue weighted by molar-refractivity contribution is -0.137. The van der Waals surface area contributed by atoms with Crippen molar-refractivity contribution < 1.29 is 27.5 Å². The molecule has 230 valence electrons. The summed E-state index contributed by atoms with van der Waals surface area (Å²) in [5, 5.41) is 8.59. The molecule has 0 aliphatic carbocycles. The van der Waals surface area contributed by atoms with Gasteiger partial charge in [-0.05, 0) is 68.1 Å². The molecule has 5 rings (SSSR count). The maximum Gasteiger partial charge on any atom is 0.416 e. The molecule has 0 bridgehead atoms. The van der Waals surface area contributed by atoms with Gasteiger partial charge in [-0.3, -0.25) is 9.59 Å². The minimum absolute atomic E-state index is 0.130. The van der Waals surface area contributed by atoms with Gasteiger partial charge in [-0.1, -0.05) is 12.1 Å². The number of alkyl halides is 3. The summed E-state index contributed by atoms with van der Waals surface area (Å²) < 4.78 is 44.0. The molecule has 5 N–H and O–H groups in total. The molecule has 3 aromatic rings. The highest BCUT2D eigenvalue weighted by molar-refractivity contribution is 6.09. The van der Waals surface area contributed by atoms with Gasteiger partial charge in [0.05, 0.1) is 24.3 Å². The Bertz CT molecular complexity index is 1410. The highest BCUT2D eigenvalue weighted by Crippen LogP contribution is 2.30. The van der Waals surface area contributed by atoms with Crippen LogP contribution in [0.3, 0.4) is 0 Å². The molecule has 2 amide bonds. The summed E-state index contributed by atoms with van der Waals surface area (Å²) >= 11 is 0. The van der Waals surface area contributed by atoms with Crippen LogP contribution in [0, 0.1) is 6.92 Å². The first-order valence-electron chi connectivity index (χ1n) is 14.0. The van der Waals surface area contributed by atoms with Crippen LogP contribution in [0.5, 0.6) is 0 Å². The lowest BCUT2D eigenvalue weighted by Crippen LogP contribution is -2.44. The number of amides is 2. The second-order valence-corrected chi connectivity index (χ2v) is 10.4. The number of likely N-dealkylation sites (N-methyl/N-ethyl adjacent to an activating group) is 1. The van der Waals surface area contributed by atoms with Crippen LogP contribution in [0.2, 0.25) is 0 Å². The van der Waals surface area contributed by atoms with Crippen molar-refractivity contribution in [3.63, 3.8) is 0 Å². The van der Waals surface area contributed by atoms with E-state index in [2.05, 4.69) is 32.8 Å². The van der Waals surface area contributed by atoms with E-state index in [0.717, 1.165) is 75.9 Å². The van der Waals surface area contributed by atoms with Gasteiger partial charge in [-0.2, -0.15) is 13.2 Å². The summed E-state index contributed by atoms with van der Waals surface area (Å²) in [4.78, 5) is 30.2. The highest BCUT2D eigenvalue weighted by Gasteiger charge is 2.31. The van der Waals surface area contributed by atoms with Crippen molar-refractivity contribution in [2.24, 2.45) is 0 Å². The summed E-state index contributed by atoms with van der Waals surface area (Å²) in [5.41, 5.74) is 8.14. The number of carbonyl (C=O) groups is 2. The SMILES string of the molecule is C1COCCN1.Cc1ccc(NC(=O)c2cccc(C(F)(F)F)c2)cc1NC(=O)c1cc(N2CCN(C)CC2)ccc1N. The van der Waals surface area contributed by atoms with Crippen molar-refractivity contribution in [1.82, 2.24) is 10.2 Å². The van der Waals surface area contributed by atoms with Gasteiger partial charge in [0.1, 0.15) is 0 Å². The first-order chi connectivity index (χ1) is 20.5. The molecule has 12 heteroatoms. The van der Waals surface area contributed by atoms with Gasteiger partial charge >= 0.3 is 6.18 Å². The van der Waals surface area contributed by atoms with E-state index >= 15 is 0 Å². The van der Waals surface area contributed by atoms with Gasteiger partial charge in [-0.25, -0.2) is 0 Å². The van der Waals surface area contributed by atoms with Crippen LogP contribution >= 0.6 is 0 Å². The van der Waals surface area contributed by atoms with Crippen molar-refractivity contribution in [3.05, 3.63) is 82.9 Å². The van der Waals surface area contributed by atoms with Crippen LogP contribution in [-0.2, 0) is 10.9 Å². The number of piperazine rings is 1. The van der Waals surface area contributed by atoms with Gasteiger partial charge in [0, 0.05) is 67.6 Å². The number of nitrogens with zero attached hydrogens (tertiary/aromatic N) is 2. The monoisotopic (exact) mass is 598 g/mol. The van der Waals surface area contributed by atoms with Gasteiger partial charge < -0.3 is 36.2 Å².